The highest BCUT2D eigenvalue weighted by atomic mass is 35.5. The standard InChI is InChI=1S/C19H19ClN6O2/c1-28-25-19(27)12-5-2-3-6-14(12)23-15-9-18(21-10-13(15)20)24-16-11-22-26-8-4-7-17(16)26/h2-3,5-6,9-11H,4,7-8H2,1H3,(H,25,27)(H2,21,23,24). The van der Waals surface area contributed by atoms with E-state index in [1.165, 1.54) is 12.8 Å². The van der Waals surface area contributed by atoms with Crippen LogP contribution < -0.4 is 16.1 Å². The van der Waals surface area contributed by atoms with E-state index in [0.29, 0.717) is 27.8 Å². The minimum Gasteiger partial charge on any atom is -0.353 e. The highest BCUT2D eigenvalue weighted by molar-refractivity contribution is 6.33. The molecule has 0 spiro atoms. The van der Waals surface area contributed by atoms with Crippen molar-refractivity contribution in [3.63, 3.8) is 0 Å². The molecule has 1 aromatic carbocycles. The van der Waals surface area contributed by atoms with E-state index in [-0.39, 0.29) is 5.91 Å². The van der Waals surface area contributed by atoms with Gasteiger partial charge in [0.05, 0.1) is 52.8 Å². The summed E-state index contributed by atoms with van der Waals surface area (Å²) in [6.07, 6.45) is 5.46. The second-order valence-corrected chi connectivity index (χ2v) is 6.72. The fraction of sp³-hybridized carbons (Fsp3) is 0.211. The molecule has 0 fully saturated rings. The molecule has 4 rings (SSSR count). The molecule has 3 aromatic rings. The zero-order valence-corrected chi connectivity index (χ0v) is 16.0. The second-order valence-electron chi connectivity index (χ2n) is 6.31. The summed E-state index contributed by atoms with van der Waals surface area (Å²) in [6.45, 7) is 0.943. The monoisotopic (exact) mass is 398 g/mol. The summed E-state index contributed by atoms with van der Waals surface area (Å²) in [5, 5.41) is 11.3. The third-order valence-corrected chi connectivity index (χ3v) is 4.79. The molecule has 3 N–H and O–H groups in total. The number of halogens is 1. The van der Waals surface area contributed by atoms with Crippen molar-refractivity contribution in [2.24, 2.45) is 0 Å². The molecule has 0 aliphatic carbocycles. The van der Waals surface area contributed by atoms with Gasteiger partial charge in [-0.15, -0.1) is 0 Å². The number of hydrogen-bond donors (Lipinski definition) is 3. The molecule has 0 unspecified atom stereocenters. The maximum atomic E-state index is 12.2. The maximum Gasteiger partial charge on any atom is 0.276 e. The van der Waals surface area contributed by atoms with E-state index in [1.807, 2.05) is 16.9 Å². The van der Waals surface area contributed by atoms with Crippen molar-refractivity contribution in [3.05, 3.63) is 59.0 Å². The number of carbonyl (C=O) groups is 1. The lowest BCUT2D eigenvalue weighted by Gasteiger charge is -2.14. The van der Waals surface area contributed by atoms with E-state index in [4.69, 9.17) is 16.4 Å². The SMILES string of the molecule is CONC(=O)c1ccccc1Nc1cc(Nc2cnn3c2CCC3)ncc1Cl. The average Bonchev–Trinajstić information content (AvgIpc) is 3.30. The number of hydrogen-bond acceptors (Lipinski definition) is 6. The molecule has 8 nitrogen and oxygen atoms in total. The van der Waals surface area contributed by atoms with Gasteiger partial charge in [-0.1, -0.05) is 23.7 Å². The van der Waals surface area contributed by atoms with E-state index in [9.17, 15) is 4.79 Å². The number of benzene rings is 1. The van der Waals surface area contributed by atoms with Gasteiger partial charge in [-0.25, -0.2) is 10.5 Å². The fourth-order valence-electron chi connectivity index (χ4n) is 3.19. The molecule has 28 heavy (non-hydrogen) atoms. The Balaban J connectivity index is 1.59. The molecule has 1 aliphatic rings. The molecule has 0 saturated carbocycles. The van der Waals surface area contributed by atoms with Crippen molar-refractivity contribution < 1.29 is 9.63 Å². The molecular weight excluding hydrogens is 380 g/mol. The zero-order valence-electron chi connectivity index (χ0n) is 15.2. The summed E-state index contributed by atoms with van der Waals surface area (Å²) in [7, 11) is 1.39. The first-order chi connectivity index (χ1) is 13.7. The molecular formula is C19H19ClN6O2. The first-order valence-electron chi connectivity index (χ1n) is 8.82. The third-order valence-electron chi connectivity index (χ3n) is 4.49. The lowest BCUT2D eigenvalue weighted by atomic mass is 10.1. The van der Waals surface area contributed by atoms with E-state index in [2.05, 4.69) is 26.2 Å². The Labute approximate surface area is 166 Å². The van der Waals surface area contributed by atoms with Crippen LogP contribution in [0.3, 0.4) is 0 Å². The van der Waals surface area contributed by atoms with Crippen LogP contribution in [0.25, 0.3) is 0 Å². The van der Waals surface area contributed by atoms with E-state index in [1.54, 1.807) is 30.5 Å². The zero-order chi connectivity index (χ0) is 19.5. The van der Waals surface area contributed by atoms with Crippen LogP contribution in [0.2, 0.25) is 5.02 Å². The van der Waals surface area contributed by atoms with Gasteiger partial charge in [0.25, 0.3) is 5.91 Å². The fourth-order valence-corrected chi connectivity index (χ4v) is 3.34. The first-order valence-corrected chi connectivity index (χ1v) is 9.20. The number of carbonyl (C=O) groups excluding carboxylic acids is 1. The van der Waals surface area contributed by atoms with Gasteiger partial charge in [0, 0.05) is 12.6 Å². The smallest absolute Gasteiger partial charge is 0.276 e. The number of nitrogens with one attached hydrogen (secondary N) is 3. The largest absolute Gasteiger partial charge is 0.353 e. The summed E-state index contributed by atoms with van der Waals surface area (Å²) in [5.74, 6) is 0.276. The number of para-hydroxylation sites is 1. The maximum absolute atomic E-state index is 12.2. The molecule has 9 heteroatoms. The van der Waals surface area contributed by atoms with Gasteiger partial charge in [-0.2, -0.15) is 5.10 Å². The van der Waals surface area contributed by atoms with Crippen LogP contribution in [0.1, 0.15) is 22.5 Å². The number of anilines is 4. The lowest BCUT2D eigenvalue weighted by Crippen LogP contribution is -2.22. The van der Waals surface area contributed by atoms with Gasteiger partial charge in [-0.05, 0) is 25.0 Å². The predicted octanol–water partition coefficient (Wildman–Crippen LogP) is 3.66. The number of rotatable bonds is 6. The van der Waals surface area contributed by atoms with Crippen LogP contribution in [-0.4, -0.2) is 27.8 Å². The van der Waals surface area contributed by atoms with Crippen LogP contribution in [0.15, 0.2) is 42.7 Å². The van der Waals surface area contributed by atoms with E-state index < -0.39 is 0 Å². The van der Waals surface area contributed by atoms with Crippen molar-refractivity contribution in [3.8, 4) is 0 Å². The number of aromatic nitrogens is 3. The van der Waals surface area contributed by atoms with Gasteiger partial charge in [0.1, 0.15) is 5.82 Å². The van der Waals surface area contributed by atoms with E-state index >= 15 is 0 Å². The van der Waals surface area contributed by atoms with Crippen LogP contribution in [0.5, 0.6) is 0 Å². The average molecular weight is 399 g/mol. The molecule has 3 heterocycles. The van der Waals surface area contributed by atoms with Crippen molar-refractivity contribution in [1.82, 2.24) is 20.2 Å². The van der Waals surface area contributed by atoms with Gasteiger partial charge < -0.3 is 10.6 Å². The summed E-state index contributed by atoms with van der Waals surface area (Å²) >= 11 is 6.32. The molecule has 1 amide bonds. The van der Waals surface area contributed by atoms with Crippen LogP contribution >= 0.6 is 11.6 Å². The normalized spacial score (nSPS) is 12.5. The van der Waals surface area contributed by atoms with E-state index in [0.717, 1.165) is 25.1 Å². The number of fused-ring (bicyclic) bond motifs is 1. The second kappa shape index (κ2) is 7.87. The summed E-state index contributed by atoms with van der Waals surface area (Å²) < 4.78 is 2.00. The molecule has 0 radical (unpaired) electrons. The summed E-state index contributed by atoms with van der Waals surface area (Å²) in [6, 6.07) is 8.89. The Morgan fingerprint density at radius 3 is 2.89 bits per heavy atom. The molecule has 0 bridgehead atoms. The molecule has 1 aliphatic heterocycles. The van der Waals surface area contributed by atoms with Crippen LogP contribution in [0, 0.1) is 0 Å². The minimum atomic E-state index is -0.357. The topological polar surface area (TPSA) is 93.1 Å². The van der Waals surface area contributed by atoms with Crippen LogP contribution in [-0.2, 0) is 17.8 Å². The van der Waals surface area contributed by atoms with Crippen LogP contribution in [0.4, 0.5) is 22.9 Å². The quantitative estimate of drug-likeness (QED) is 0.549. The number of pyridine rings is 1. The third kappa shape index (κ3) is 3.64. The van der Waals surface area contributed by atoms with Gasteiger partial charge in [0.2, 0.25) is 0 Å². The molecule has 144 valence electrons. The predicted molar refractivity (Wildman–Crippen MR) is 107 cm³/mol. The van der Waals surface area contributed by atoms with Gasteiger partial charge >= 0.3 is 0 Å². The Morgan fingerprint density at radius 2 is 2.04 bits per heavy atom. The van der Waals surface area contributed by atoms with Crippen molar-refractivity contribution in [2.75, 3.05) is 17.7 Å². The summed E-state index contributed by atoms with van der Waals surface area (Å²) in [5.41, 5.74) is 6.10. The highest BCUT2D eigenvalue weighted by Gasteiger charge is 2.17. The Kier molecular flexibility index (Phi) is 5.14. The summed E-state index contributed by atoms with van der Waals surface area (Å²) in [4.78, 5) is 21.3. The van der Waals surface area contributed by atoms with Crippen molar-refractivity contribution in [2.45, 2.75) is 19.4 Å². The highest BCUT2D eigenvalue weighted by Crippen LogP contribution is 2.31. The number of aryl methyl sites for hydroxylation is 1. The Hall–Kier alpha value is -3.10. The number of nitrogens with zero attached hydrogens (tertiary/aromatic N) is 3. The molecule has 2 aromatic heterocycles. The lowest BCUT2D eigenvalue weighted by molar-refractivity contribution is 0.0538. The van der Waals surface area contributed by atoms with Crippen molar-refractivity contribution >= 4 is 40.4 Å². The Morgan fingerprint density at radius 1 is 1.18 bits per heavy atom. The van der Waals surface area contributed by atoms with Gasteiger partial charge in [0.15, 0.2) is 0 Å². The molecule has 0 saturated heterocycles. The number of hydroxylamine groups is 1. The minimum absolute atomic E-state index is 0.357. The Bertz CT molecular complexity index is 1020. The molecule has 0 atom stereocenters. The van der Waals surface area contributed by atoms with Gasteiger partial charge in [-0.3, -0.25) is 14.3 Å². The first kappa shape index (κ1) is 18.3. The number of amides is 1. The van der Waals surface area contributed by atoms with Crippen molar-refractivity contribution in [1.29, 1.82) is 0 Å².